The van der Waals surface area contributed by atoms with Gasteiger partial charge in [-0.15, -0.1) is 0 Å². The average molecular weight is 321 g/mol. The molecule has 3 nitrogen and oxygen atoms in total. The maximum absolute atomic E-state index is 12.3. The number of benzene rings is 2. The Bertz CT molecular complexity index is 827. The van der Waals surface area contributed by atoms with Gasteiger partial charge in [-0.2, -0.15) is 0 Å². The van der Waals surface area contributed by atoms with Crippen LogP contribution in [0.15, 0.2) is 36.4 Å². The van der Waals surface area contributed by atoms with Gasteiger partial charge in [0.2, 0.25) is 5.91 Å². The van der Waals surface area contributed by atoms with E-state index in [9.17, 15) is 4.79 Å². The second-order valence-electron chi connectivity index (χ2n) is 7.08. The van der Waals surface area contributed by atoms with Crippen LogP contribution in [0, 0.1) is 6.92 Å². The number of carbonyl (C=O) groups is 1. The third-order valence-corrected chi connectivity index (χ3v) is 5.65. The summed E-state index contributed by atoms with van der Waals surface area (Å²) >= 11 is 0. The van der Waals surface area contributed by atoms with Crippen molar-refractivity contribution in [3.05, 3.63) is 58.7 Å². The van der Waals surface area contributed by atoms with Crippen LogP contribution in [0.4, 0.5) is 5.69 Å². The summed E-state index contributed by atoms with van der Waals surface area (Å²) in [4.78, 5) is 14.2. The molecule has 3 heteroatoms. The number of hydrogen-bond donors (Lipinski definition) is 0. The Morgan fingerprint density at radius 1 is 1.17 bits per heavy atom. The number of carbonyl (C=O) groups excluding carboxylic acids is 1. The van der Waals surface area contributed by atoms with E-state index in [1.165, 1.54) is 22.3 Å². The van der Waals surface area contributed by atoms with Crippen LogP contribution >= 0.6 is 0 Å². The van der Waals surface area contributed by atoms with Crippen LogP contribution in [-0.4, -0.2) is 19.6 Å². The van der Waals surface area contributed by atoms with Crippen molar-refractivity contribution < 1.29 is 9.53 Å². The van der Waals surface area contributed by atoms with Gasteiger partial charge in [-0.3, -0.25) is 4.79 Å². The van der Waals surface area contributed by atoms with Crippen LogP contribution in [0.1, 0.15) is 42.0 Å². The van der Waals surface area contributed by atoms with Gasteiger partial charge in [0.25, 0.3) is 0 Å². The molecule has 1 amide bonds. The molecule has 0 saturated heterocycles. The monoisotopic (exact) mass is 321 g/mol. The van der Waals surface area contributed by atoms with Crippen molar-refractivity contribution in [2.75, 3.05) is 18.6 Å². The number of fused-ring (bicyclic) bond motifs is 4. The Hall–Kier alpha value is -2.29. The van der Waals surface area contributed by atoms with Gasteiger partial charge in [0.05, 0.1) is 7.11 Å². The standard InChI is InChI=1S/C21H23NO2/c1-14-6-7-16-5-4-10-21(18(16)11-14)13-22(15(2)23)20-9-8-17(24-3)12-19(20)21/h6-9,11-12H,4-5,10,13H2,1-3H3. The number of hydrogen-bond acceptors (Lipinski definition) is 2. The van der Waals surface area contributed by atoms with Gasteiger partial charge >= 0.3 is 0 Å². The molecule has 2 aromatic carbocycles. The summed E-state index contributed by atoms with van der Waals surface area (Å²) in [6.07, 6.45) is 3.35. The van der Waals surface area contributed by atoms with Gasteiger partial charge in [0.1, 0.15) is 5.75 Å². The van der Waals surface area contributed by atoms with Crippen LogP contribution in [0.2, 0.25) is 0 Å². The van der Waals surface area contributed by atoms with Crippen LogP contribution in [0.5, 0.6) is 5.75 Å². The van der Waals surface area contributed by atoms with Gasteiger partial charge in [-0.05, 0) is 61.1 Å². The molecule has 24 heavy (non-hydrogen) atoms. The summed E-state index contributed by atoms with van der Waals surface area (Å²) in [5.41, 5.74) is 6.27. The molecule has 2 aliphatic rings. The Morgan fingerprint density at radius 3 is 2.75 bits per heavy atom. The Kier molecular flexibility index (Phi) is 3.41. The second kappa shape index (κ2) is 5.37. The largest absolute Gasteiger partial charge is 0.497 e. The molecule has 0 bridgehead atoms. The van der Waals surface area contributed by atoms with E-state index < -0.39 is 0 Å². The first-order chi connectivity index (χ1) is 11.5. The fraction of sp³-hybridized carbons (Fsp3) is 0.381. The number of rotatable bonds is 1. The number of ether oxygens (including phenoxy) is 1. The molecule has 1 atom stereocenters. The van der Waals surface area contributed by atoms with E-state index in [1.54, 1.807) is 14.0 Å². The van der Waals surface area contributed by atoms with Crippen molar-refractivity contribution in [1.29, 1.82) is 0 Å². The van der Waals surface area contributed by atoms with Gasteiger partial charge in [-0.1, -0.05) is 23.8 Å². The first-order valence-electron chi connectivity index (χ1n) is 8.62. The van der Waals surface area contributed by atoms with Crippen LogP contribution in [0.3, 0.4) is 0 Å². The van der Waals surface area contributed by atoms with E-state index in [0.29, 0.717) is 0 Å². The fourth-order valence-corrected chi connectivity index (χ4v) is 4.50. The highest BCUT2D eigenvalue weighted by Gasteiger charge is 2.47. The molecule has 1 aliphatic carbocycles. The predicted octanol–water partition coefficient (Wildman–Crippen LogP) is 3.99. The molecular weight excluding hydrogens is 298 g/mol. The number of amides is 1. The summed E-state index contributed by atoms with van der Waals surface area (Å²) in [6.45, 7) is 4.54. The number of nitrogens with zero attached hydrogens (tertiary/aromatic N) is 1. The van der Waals surface area contributed by atoms with Crippen LogP contribution < -0.4 is 9.64 Å². The summed E-state index contributed by atoms with van der Waals surface area (Å²) in [6, 6.07) is 12.9. The van der Waals surface area contributed by atoms with Crippen molar-refractivity contribution in [3.8, 4) is 5.75 Å². The van der Waals surface area contributed by atoms with Crippen molar-refractivity contribution in [2.45, 2.75) is 38.5 Å². The van der Waals surface area contributed by atoms with Crippen molar-refractivity contribution in [1.82, 2.24) is 0 Å². The first kappa shape index (κ1) is 15.3. The molecule has 4 rings (SSSR count). The topological polar surface area (TPSA) is 29.5 Å². The third kappa shape index (κ3) is 2.07. The van der Waals surface area contributed by atoms with E-state index in [-0.39, 0.29) is 11.3 Å². The quantitative estimate of drug-likeness (QED) is 0.795. The molecule has 2 aromatic rings. The zero-order valence-corrected chi connectivity index (χ0v) is 14.6. The van der Waals surface area contributed by atoms with Crippen molar-refractivity contribution >= 4 is 11.6 Å². The van der Waals surface area contributed by atoms with Crippen LogP contribution in [-0.2, 0) is 16.6 Å². The summed E-state index contributed by atoms with van der Waals surface area (Å²) < 4.78 is 5.48. The molecule has 0 aromatic heterocycles. The lowest BCUT2D eigenvalue weighted by atomic mass is 9.66. The molecular formula is C21H23NO2. The van der Waals surface area contributed by atoms with Crippen molar-refractivity contribution in [2.24, 2.45) is 0 Å². The molecule has 1 spiro atoms. The number of anilines is 1. The first-order valence-corrected chi connectivity index (χ1v) is 8.62. The lowest BCUT2D eigenvalue weighted by molar-refractivity contribution is -0.116. The van der Waals surface area contributed by atoms with E-state index in [1.807, 2.05) is 17.0 Å². The van der Waals surface area contributed by atoms with Gasteiger partial charge in [0.15, 0.2) is 0 Å². The summed E-state index contributed by atoms with van der Waals surface area (Å²) in [7, 11) is 1.70. The van der Waals surface area contributed by atoms with Crippen LogP contribution in [0.25, 0.3) is 0 Å². The summed E-state index contributed by atoms with van der Waals surface area (Å²) in [5.74, 6) is 0.969. The molecule has 0 saturated carbocycles. The maximum Gasteiger partial charge on any atom is 0.223 e. The maximum atomic E-state index is 12.3. The Balaban J connectivity index is 1.98. The minimum atomic E-state index is -0.102. The molecule has 0 radical (unpaired) electrons. The molecule has 124 valence electrons. The predicted molar refractivity (Wildman–Crippen MR) is 95.9 cm³/mol. The number of methoxy groups -OCH3 is 1. The number of aryl methyl sites for hydroxylation is 2. The molecule has 1 aliphatic heterocycles. The van der Waals surface area contributed by atoms with E-state index in [4.69, 9.17) is 4.74 Å². The molecule has 0 fully saturated rings. The zero-order valence-electron chi connectivity index (χ0n) is 14.6. The Labute approximate surface area is 143 Å². The zero-order chi connectivity index (χ0) is 16.9. The third-order valence-electron chi connectivity index (χ3n) is 5.65. The van der Waals surface area contributed by atoms with Crippen molar-refractivity contribution in [3.63, 3.8) is 0 Å². The van der Waals surface area contributed by atoms with E-state index in [0.717, 1.165) is 37.2 Å². The highest BCUT2D eigenvalue weighted by Crippen LogP contribution is 2.52. The molecule has 1 heterocycles. The highest BCUT2D eigenvalue weighted by atomic mass is 16.5. The average Bonchev–Trinajstić information content (AvgIpc) is 2.91. The lowest BCUT2D eigenvalue weighted by Gasteiger charge is -2.37. The minimum Gasteiger partial charge on any atom is -0.497 e. The lowest BCUT2D eigenvalue weighted by Crippen LogP contribution is -2.39. The second-order valence-corrected chi connectivity index (χ2v) is 7.08. The van der Waals surface area contributed by atoms with Gasteiger partial charge in [0, 0.05) is 24.6 Å². The SMILES string of the molecule is COc1ccc2c(c1)C1(CCCc3ccc(C)cc31)CN2C(C)=O. The summed E-state index contributed by atoms with van der Waals surface area (Å²) in [5, 5.41) is 0. The minimum absolute atomic E-state index is 0.102. The van der Waals surface area contributed by atoms with E-state index >= 15 is 0 Å². The smallest absolute Gasteiger partial charge is 0.223 e. The Morgan fingerprint density at radius 2 is 2.00 bits per heavy atom. The van der Waals surface area contributed by atoms with Gasteiger partial charge in [-0.25, -0.2) is 0 Å². The highest BCUT2D eigenvalue weighted by molar-refractivity contribution is 5.95. The van der Waals surface area contributed by atoms with Gasteiger partial charge < -0.3 is 9.64 Å². The normalized spacial score (nSPS) is 21.5. The van der Waals surface area contributed by atoms with E-state index in [2.05, 4.69) is 31.2 Å². The molecule has 1 unspecified atom stereocenters. The fourth-order valence-electron chi connectivity index (χ4n) is 4.50. The molecule has 0 N–H and O–H groups in total.